The largest absolute Gasteiger partial charge is 0.311 e. The molecule has 0 aliphatic heterocycles. The highest BCUT2D eigenvalue weighted by Gasteiger charge is 2.53. The normalized spacial score (nSPS) is 13.1. The quantitative estimate of drug-likeness (QED) is 0.107. The molecule has 15 aromatic rings. The lowest BCUT2D eigenvalue weighted by molar-refractivity contribution is 0.794. The first-order chi connectivity index (χ1) is 47.1. The third kappa shape index (κ3) is 9.84. The van der Waals surface area contributed by atoms with Gasteiger partial charge in [-0.3, -0.25) is 0 Å². The molecule has 1 unspecified atom stereocenters. The second-order valence-electron chi connectivity index (χ2n) is 24.8. The Hall–Kier alpha value is -12.3. The zero-order chi connectivity index (χ0) is 63.2. The number of benzene rings is 15. The summed E-state index contributed by atoms with van der Waals surface area (Å²) in [5, 5.41) is 0. The van der Waals surface area contributed by atoms with E-state index in [1.165, 1.54) is 77.9 Å². The summed E-state index contributed by atoms with van der Waals surface area (Å²) < 4.78 is 0. The summed E-state index contributed by atoms with van der Waals surface area (Å²) in [6.45, 7) is 2.22. The topological polar surface area (TPSA) is 9.72 Å². The molecule has 0 bridgehead atoms. The zero-order valence-electron chi connectivity index (χ0n) is 52.6. The van der Waals surface area contributed by atoms with Crippen LogP contribution in [0.25, 0.3) is 77.9 Å². The van der Waals surface area contributed by atoms with Gasteiger partial charge in [-0.25, -0.2) is 0 Å². The molecule has 2 aliphatic carbocycles. The minimum atomic E-state index is -0.693. The second-order valence-corrected chi connectivity index (χ2v) is 24.8. The molecule has 3 nitrogen and oxygen atoms in total. The minimum absolute atomic E-state index is 0.693. The van der Waals surface area contributed by atoms with Gasteiger partial charge in [-0.15, -0.1) is 0 Å². The van der Waals surface area contributed by atoms with Gasteiger partial charge in [0.25, 0.3) is 0 Å². The Morgan fingerprint density at radius 1 is 0.189 bits per heavy atom. The van der Waals surface area contributed by atoms with Crippen LogP contribution in [0.1, 0.15) is 27.8 Å². The van der Waals surface area contributed by atoms with Crippen molar-refractivity contribution in [2.45, 2.75) is 12.3 Å². The molecule has 95 heavy (non-hydrogen) atoms. The summed E-state index contributed by atoms with van der Waals surface area (Å²) >= 11 is 0. The van der Waals surface area contributed by atoms with Gasteiger partial charge in [-0.05, 0) is 222 Å². The summed E-state index contributed by atoms with van der Waals surface area (Å²) in [6, 6.07) is 138. The number of hydrogen-bond donors (Lipinski definition) is 0. The summed E-state index contributed by atoms with van der Waals surface area (Å²) in [7, 11) is 0. The molecule has 448 valence electrons. The van der Waals surface area contributed by atoms with Gasteiger partial charge in [0.05, 0.1) is 11.1 Å². The van der Waals surface area contributed by atoms with Gasteiger partial charge in [0.15, 0.2) is 0 Å². The number of para-hydroxylation sites is 6. The van der Waals surface area contributed by atoms with E-state index in [9.17, 15) is 0 Å². The van der Waals surface area contributed by atoms with Crippen LogP contribution < -0.4 is 14.7 Å². The molecule has 0 amide bonds. The summed E-state index contributed by atoms with van der Waals surface area (Å²) in [5.74, 6) is 0. The lowest BCUT2D eigenvalue weighted by Gasteiger charge is -2.31. The molecule has 15 aromatic carbocycles. The lowest BCUT2D eigenvalue weighted by Crippen LogP contribution is -2.26. The molecule has 0 saturated heterocycles. The first-order valence-corrected chi connectivity index (χ1v) is 32.8. The van der Waals surface area contributed by atoms with Crippen molar-refractivity contribution in [1.82, 2.24) is 0 Å². The van der Waals surface area contributed by atoms with E-state index in [2.05, 4.69) is 398 Å². The van der Waals surface area contributed by atoms with E-state index in [1.54, 1.807) is 0 Å². The van der Waals surface area contributed by atoms with Crippen LogP contribution in [0, 0.1) is 6.92 Å². The Labute approximate surface area is 556 Å². The number of hydrogen-bond acceptors (Lipinski definition) is 3. The fourth-order valence-corrected chi connectivity index (χ4v) is 15.2. The molecular formula is C92H65N3. The van der Waals surface area contributed by atoms with Crippen LogP contribution in [-0.4, -0.2) is 0 Å². The standard InChI is InChI=1S/C92H65N3/c1-64-27-23-24-42-79(64)82-58-51-70(63-89(82)95(75-38-19-7-20-39-75)76-40-21-8-22-41-76)69-53-60-86-84(62-69)91-81(67-49-56-78(57-50-67)94(73-34-15-5-16-35-73)74-36-17-6-18-37-74)44-26-46-88(91)92(86)85-59-52-68(65-28-9-2-10-29-65)61-83(85)90-80(43-25-45-87(90)92)66-47-54-77(55-48-66)93(71-30-11-3-12-31-71)72-32-13-4-14-33-72/h2-63H,1H3. The highest BCUT2D eigenvalue weighted by atomic mass is 15.2. The van der Waals surface area contributed by atoms with Gasteiger partial charge in [-0.2, -0.15) is 0 Å². The molecule has 0 N–H and O–H groups in total. The fourth-order valence-electron chi connectivity index (χ4n) is 15.2. The van der Waals surface area contributed by atoms with Gasteiger partial charge in [0.1, 0.15) is 0 Å². The number of anilines is 9. The van der Waals surface area contributed by atoms with E-state index >= 15 is 0 Å². The van der Waals surface area contributed by atoms with E-state index in [0.717, 1.165) is 79.0 Å². The highest BCUT2D eigenvalue weighted by molar-refractivity contribution is 6.05. The van der Waals surface area contributed by atoms with Crippen molar-refractivity contribution in [3.05, 3.63) is 404 Å². The molecular weight excluding hydrogens is 1150 g/mol. The summed E-state index contributed by atoms with van der Waals surface area (Å²) in [5.41, 5.74) is 32.2. The average molecular weight is 1210 g/mol. The van der Waals surface area contributed by atoms with Crippen molar-refractivity contribution in [2.75, 3.05) is 14.7 Å². The Balaban J connectivity index is 0.894. The highest BCUT2D eigenvalue weighted by Crippen LogP contribution is 2.66. The first-order valence-electron chi connectivity index (χ1n) is 32.8. The Kier molecular flexibility index (Phi) is 14.4. The first kappa shape index (κ1) is 56.7. The van der Waals surface area contributed by atoms with Crippen LogP contribution in [0.3, 0.4) is 0 Å². The maximum absolute atomic E-state index is 2.51. The molecule has 3 heteroatoms. The molecule has 0 aromatic heterocycles. The zero-order valence-corrected chi connectivity index (χ0v) is 52.6. The molecule has 0 radical (unpaired) electrons. The van der Waals surface area contributed by atoms with Crippen molar-refractivity contribution in [1.29, 1.82) is 0 Å². The fraction of sp³-hybridized carbons (Fsp3) is 0.0217. The van der Waals surface area contributed by atoms with Crippen molar-refractivity contribution in [3.8, 4) is 77.9 Å². The van der Waals surface area contributed by atoms with Crippen LogP contribution in [0.5, 0.6) is 0 Å². The predicted octanol–water partition coefficient (Wildman–Crippen LogP) is 25.1. The van der Waals surface area contributed by atoms with E-state index in [4.69, 9.17) is 0 Å². The Morgan fingerprint density at radius 3 is 0.916 bits per heavy atom. The van der Waals surface area contributed by atoms with Gasteiger partial charge in [-0.1, -0.05) is 261 Å². The van der Waals surface area contributed by atoms with Crippen molar-refractivity contribution >= 4 is 51.2 Å². The number of rotatable bonds is 14. The second kappa shape index (κ2) is 24.1. The summed E-state index contributed by atoms with van der Waals surface area (Å²) in [4.78, 5) is 7.10. The monoisotopic (exact) mass is 1210 g/mol. The minimum Gasteiger partial charge on any atom is -0.311 e. The molecule has 1 atom stereocenters. The van der Waals surface area contributed by atoms with E-state index < -0.39 is 5.41 Å². The van der Waals surface area contributed by atoms with Crippen LogP contribution in [-0.2, 0) is 5.41 Å². The molecule has 1 spiro atoms. The van der Waals surface area contributed by atoms with Crippen LogP contribution >= 0.6 is 0 Å². The molecule has 0 saturated carbocycles. The molecule has 0 heterocycles. The molecule has 17 rings (SSSR count). The van der Waals surface area contributed by atoms with E-state index in [1.807, 2.05) is 0 Å². The maximum Gasteiger partial charge on any atom is 0.0726 e. The lowest BCUT2D eigenvalue weighted by atomic mass is 9.70. The molecule has 0 fully saturated rings. The van der Waals surface area contributed by atoms with Crippen LogP contribution in [0.2, 0.25) is 0 Å². The van der Waals surface area contributed by atoms with Gasteiger partial charge < -0.3 is 14.7 Å². The number of nitrogens with zero attached hydrogens (tertiary/aromatic N) is 3. The third-order valence-corrected chi connectivity index (χ3v) is 19.4. The third-order valence-electron chi connectivity index (χ3n) is 19.4. The Morgan fingerprint density at radius 2 is 0.505 bits per heavy atom. The maximum atomic E-state index is 2.51. The van der Waals surface area contributed by atoms with Gasteiger partial charge in [0.2, 0.25) is 0 Å². The van der Waals surface area contributed by atoms with Gasteiger partial charge in [0, 0.05) is 51.1 Å². The van der Waals surface area contributed by atoms with Crippen molar-refractivity contribution in [3.63, 3.8) is 0 Å². The van der Waals surface area contributed by atoms with Crippen LogP contribution in [0.15, 0.2) is 376 Å². The Bertz CT molecular complexity index is 5150. The SMILES string of the molecule is Cc1ccccc1-c1ccc(-c2ccc3c(c2)-c2c(-c4ccc(N(c5ccccc5)c5ccccc5)cc4)cccc2C32c3ccc(-c4ccccc4)cc3-c3c(-c4ccc(N(c5ccccc5)c5ccccc5)cc4)cccc32)cc1N(c1ccccc1)c1ccccc1. The number of fused-ring (bicyclic) bond motifs is 10. The average Bonchev–Trinajstić information content (AvgIpc) is 1.50. The van der Waals surface area contributed by atoms with Crippen molar-refractivity contribution in [2.24, 2.45) is 0 Å². The van der Waals surface area contributed by atoms with Gasteiger partial charge >= 0.3 is 0 Å². The van der Waals surface area contributed by atoms with Crippen LogP contribution in [0.4, 0.5) is 51.2 Å². The van der Waals surface area contributed by atoms with Crippen molar-refractivity contribution < 1.29 is 0 Å². The van der Waals surface area contributed by atoms with E-state index in [-0.39, 0.29) is 0 Å². The number of aryl methyl sites for hydroxylation is 1. The summed E-state index contributed by atoms with van der Waals surface area (Å²) in [6.07, 6.45) is 0. The molecule has 2 aliphatic rings. The van der Waals surface area contributed by atoms with E-state index in [0.29, 0.717) is 0 Å². The smallest absolute Gasteiger partial charge is 0.0726 e. The predicted molar refractivity (Wildman–Crippen MR) is 399 cm³/mol.